The van der Waals surface area contributed by atoms with Crippen molar-refractivity contribution < 1.29 is 4.79 Å². The van der Waals surface area contributed by atoms with Crippen molar-refractivity contribution >= 4 is 42.3 Å². The SMILES string of the molecule is Cl.Cl.NC1(C(=O)N2CCCN(Cc3ccc(Cl)cc3)CC2)CCCCC1. The third-order valence-corrected chi connectivity index (χ3v) is 5.62. The smallest absolute Gasteiger partial charge is 0.242 e. The second-order valence-electron chi connectivity index (χ2n) is 7.27. The van der Waals surface area contributed by atoms with Crippen molar-refractivity contribution in [1.82, 2.24) is 9.80 Å². The number of nitrogens with two attached hydrogens (primary N) is 1. The Morgan fingerprint density at radius 3 is 2.27 bits per heavy atom. The maximum Gasteiger partial charge on any atom is 0.242 e. The molecule has 1 aromatic rings. The van der Waals surface area contributed by atoms with Crippen LogP contribution in [0.25, 0.3) is 0 Å². The second-order valence-corrected chi connectivity index (χ2v) is 7.70. The lowest BCUT2D eigenvalue weighted by atomic mass is 9.81. The van der Waals surface area contributed by atoms with E-state index in [0.29, 0.717) is 0 Å². The third kappa shape index (κ3) is 6.00. The molecule has 1 heterocycles. The Morgan fingerprint density at radius 1 is 0.962 bits per heavy atom. The van der Waals surface area contributed by atoms with Gasteiger partial charge < -0.3 is 10.6 Å². The Balaban J connectivity index is 0.00000169. The first-order chi connectivity index (χ1) is 11.6. The largest absolute Gasteiger partial charge is 0.340 e. The molecule has 0 aromatic heterocycles. The number of rotatable bonds is 3. The van der Waals surface area contributed by atoms with Crippen LogP contribution in [0.4, 0.5) is 0 Å². The first kappa shape index (κ1) is 23.5. The number of hydrogen-bond acceptors (Lipinski definition) is 3. The zero-order chi connectivity index (χ0) is 17.0. The lowest BCUT2D eigenvalue weighted by molar-refractivity contribution is -0.138. The Hall–Kier alpha value is -0.520. The second kappa shape index (κ2) is 10.7. The molecule has 1 saturated carbocycles. The molecule has 1 aliphatic heterocycles. The molecular formula is C19H30Cl3N3O. The monoisotopic (exact) mass is 421 g/mol. The lowest BCUT2D eigenvalue weighted by Gasteiger charge is -2.36. The summed E-state index contributed by atoms with van der Waals surface area (Å²) < 4.78 is 0. The van der Waals surface area contributed by atoms with Gasteiger partial charge in [0.15, 0.2) is 0 Å². The van der Waals surface area contributed by atoms with Crippen molar-refractivity contribution in [1.29, 1.82) is 0 Å². The zero-order valence-corrected chi connectivity index (χ0v) is 17.6. The van der Waals surface area contributed by atoms with Gasteiger partial charge in [-0.05, 0) is 37.0 Å². The number of benzene rings is 1. The van der Waals surface area contributed by atoms with Gasteiger partial charge in [0.25, 0.3) is 0 Å². The maximum absolute atomic E-state index is 12.9. The van der Waals surface area contributed by atoms with Gasteiger partial charge in [0.2, 0.25) is 5.91 Å². The van der Waals surface area contributed by atoms with E-state index < -0.39 is 5.54 Å². The van der Waals surface area contributed by atoms with E-state index in [-0.39, 0.29) is 30.7 Å². The Morgan fingerprint density at radius 2 is 1.62 bits per heavy atom. The fourth-order valence-corrected chi connectivity index (χ4v) is 4.02. The lowest BCUT2D eigenvalue weighted by Crippen LogP contribution is -2.56. The molecule has 1 aromatic carbocycles. The highest BCUT2D eigenvalue weighted by Gasteiger charge is 2.38. The van der Waals surface area contributed by atoms with Gasteiger partial charge in [-0.1, -0.05) is 43.0 Å². The van der Waals surface area contributed by atoms with E-state index in [1.54, 1.807) is 0 Å². The molecule has 26 heavy (non-hydrogen) atoms. The fraction of sp³-hybridized carbons (Fsp3) is 0.632. The number of amides is 1. The van der Waals surface area contributed by atoms with Gasteiger partial charge >= 0.3 is 0 Å². The van der Waals surface area contributed by atoms with Gasteiger partial charge in [-0.25, -0.2) is 0 Å². The average molecular weight is 423 g/mol. The van der Waals surface area contributed by atoms with Gasteiger partial charge in [0, 0.05) is 37.7 Å². The summed E-state index contributed by atoms with van der Waals surface area (Å²) in [5.74, 6) is 0.176. The van der Waals surface area contributed by atoms with E-state index in [1.807, 2.05) is 17.0 Å². The third-order valence-electron chi connectivity index (χ3n) is 5.37. The van der Waals surface area contributed by atoms with Crippen LogP contribution >= 0.6 is 36.4 Å². The van der Waals surface area contributed by atoms with Crippen molar-refractivity contribution in [3.63, 3.8) is 0 Å². The first-order valence-electron chi connectivity index (χ1n) is 9.12. The molecule has 2 fully saturated rings. The molecule has 2 aliphatic rings. The number of carbonyl (C=O) groups is 1. The van der Waals surface area contributed by atoms with Gasteiger partial charge in [0.05, 0.1) is 5.54 Å². The highest BCUT2D eigenvalue weighted by molar-refractivity contribution is 6.30. The number of nitrogens with zero attached hydrogens (tertiary/aromatic N) is 2. The molecule has 0 atom stereocenters. The normalized spacial score (nSPS) is 20.5. The molecular weight excluding hydrogens is 393 g/mol. The average Bonchev–Trinajstić information content (AvgIpc) is 2.82. The van der Waals surface area contributed by atoms with E-state index in [2.05, 4.69) is 17.0 Å². The van der Waals surface area contributed by atoms with Crippen molar-refractivity contribution in [2.45, 2.75) is 50.6 Å². The van der Waals surface area contributed by atoms with Crippen LogP contribution in [-0.2, 0) is 11.3 Å². The maximum atomic E-state index is 12.9. The molecule has 0 radical (unpaired) electrons. The Kier molecular flexibility index (Phi) is 9.70. The highest BCUT2D eigenvalue weighted by Crippen LogP contribution is 2.28. The summed E-state index contributed by atoms with van der Waals surface area (Å²) in [6.45, 7) is 4.45. The van der Waals surface area contributed by atoms with Gasteiger partial charge in [0.1, 0.15) is 0 Å². The Bertz CT molecular complexity index is 562. The highest BCUT2D eigenvalue weighted by atomic mass is 35.5. The summed E-state index contributed by atoms with van der Waals surface area (Å²) in [6.07, 6.45) is 6.07. The van der Waals surface area contributed by atoms with Crippen molar-refractivity contribution in [3.05, 3.63) is 34.9 Å². The summed E-state index contributed by atoms with van der Waals surface area (Å²) in [5, 5.41) is 0.770. The van der Waals surface area contributed by atoms with Crippen LogP contribution in [0.15, 0.2) is 24.3 Å². The van der Waals surface area contributed by atoms with Crippen LogP contribution in [-0.4, -0.2) is 47.4 Å². The van der Waals surface area contributed by atoms with E-state index in [4.69, 9.17) is 17.3 Å². The van der Waals surface area contributed by atoms with Crippen LogP contribution in [0.1, 0.15) is 44.1 Å². The van der Waals surface area contributed by atoms with Crippen LogP contribution in [0.3, 0.4) is 0 Å². The molecule has 3 rings (SSSR count). The molecule has 0 spiro atoms. The molecule has 7 heteroatoms. The molecule has 2 N–H and O–H groups in total. The van der Waals surface area contributed by atoms with E-state index in [1.165, 1.54) is 12.0 Å². The van der Waals surface area contributed by atoms with Crippen LogP contribution in [0.5, 0.6) is 0 Å². The summed E-state index contributed by atoms with van der Waals surface area (Å²) in [4.78, 5) is 17.3. The zero-order valence-electron chi connectivity index (χ0n) is 15.2. The molecule has 1 aliphatic carbocycles. The van der Waals surface area contributed by atoms with E-state index in [0.717, 1.165) is 69.9 Å². The minimum atomic E-state index is -0.608. The fourth-order valence-electron chi connectivity index (χ4n) is 3.89. The minimum absolute atomic E-state index is 0. The predicted molar refractivity (Wildman–Crippen MR) is 112 cm³/mol. The molecule has 148 valence electrons. The molecule has 4 nitrogen and oxygen atoms in total. The van der Waals surface area contributed by atoms with Crippen molar-refractivity contribution in [2.75, 3.05) is 26.2 Å². The molecule has 0 unspecified atom stereocenters. The van der Waals surface area contributed by atoms with E-state index >= 15 is 0 Å². The summed E-state index contributed by atoms with van der Waals surface area (Å²) >= 11 is 5.95. The number of carbonyl (C=O) groups excluding carboxylic acids is 1. The quantitative estimate of drug-likeness (QED) is 0.804. The molecule has 1 saturated heterocycles. The van der Waals surface area contributed by atoms with Gasteiger partial charge in [-0.3, -0.25) is 9.69 Å². The van der Waals surface area contributed by atoms with Crippen LogP contribution in [0.2, 0.25) is 5.02 Å². The van der Waals surface area contributed by atoms with Gasteiger partial charge in [-0.2, -0.15) is 0 Å². The summed E-state index contributed by atoms with van der Waals surface area (Å²) in [5.41, 5.74) is 7.10. The standard InChI is InChI=1S/C19H28ClN3O.2ClH/c20-17-7-5-16(6-8-17)15-22-11-4-12-23(14-13-22)18(24)19(21)9-2-1-3-10-19;;/h5-8H,1-4,9-15,21H2;2*1H. The number of halogens is 3. The summed E-state index contributed by atoms with van der Waals surface area (Å²) in [6, 6.07) is 8.03. The van der Waals surface area contributed by atoms with E-state index in [9.17, 15) is 4.79 Å². The van der Waals surface area contributed by atoms with Crippen molar-refractivity contribution in [3.8, 4) is 0 Å². The van der Waals surface area contributed by atoms with Crippen LogP contribution < -0.4 is 5.73 Å². The molecule has 0 bridgehead atoms. The van der Waals surface area contributed by atoms with Gasteiger partial charge in [-0.15, -0.1) is 24.8 Å². The first-order valence-corrected chi connectivity index (χ1v) is 9.50. The Labute approximate surface area is 174 Å². The topological polar surface area (TPSA) is 49.6 Å². The van der Waals surface area contributed by atoms with Crippen LogP contribution in [0, 0.1) is 0 Å². The minimum Gasteiger partial charge on any atom is -0.340 e. The molecule has 1 amide bonds. The summed E-state index contributed by atoms with van der Waals surface area (Å²) in [7, 11) is 0. The number of hydrogen-bond donors (Lipinski definition) is 1. The predicted octanol–water partition coefficient (Wildman–Crippen LogP) is 3.88. The van der Waals surface area contributed by atoms with Crippen molar-refractivity contribution in [2.24, 2.45) is 5.73 Å².